The fourth-order valence-electron chi connectivity index (χ4n) is 1.79. The van der Waals surface area contributed by atoms with Gasteiger partial charge in [0.05, 0.1) is 26.1 Å². The summed E-state index contributed by atoms with van der Waals surface area (Å²) in [5, 5.41) is 8.94. The number of halogens is 1. The van der Waals surface area contributed by atoms with Crippen molar-refractivity contribution in [1.82, 2.24) is 9.97 Å². The molecule has 0 aliphatic carbocycles. The summed E-state index contributed by atoms with van der Waals surface area (Å²) in [6, 6.07) is 2.12. The molecule has 1 aromatic heterocycles. The SMILES string of the molecule is COc1cc(F)c(C(=O)c2nc[nH]c2C(=O)O)cc1OC. The number of carboxylic acids is 1. The average Bonchev–Trinajstić information content (AvgIpc) is 2.95. The highest BCUT2D eigenvalue weighted by molar-refractivity contribution is 6.12. The van der Waals surface area contributed by atoms with E-state index in [0.29, 0.717) is 0 Å². The van der Waals surface area contributed by atoms with Gasteiger partial charge in [0.25, 0.3) is 0 Å². The number of carboxylic acid groups (broad SMARTS) is 1. The number of H-pyrrole nitrogens is 1. The summed E-state index contributed by atoms with van der Waals surface area (Å²) in [7, 11) is 2.66. The highest BCUT2D eigenvalue weighted by Crippen LogP contribution is 2.30. The van der Waals surface area contributed by atoms with E-state index in [4.69, 9.17) is 14.6 Å². The van der Waals surface area contributed by atoms with Gasteiger partial charge < -0.3 is 19.6 Å². The van der Waals surface area contributed by atoms with Gasteiger partial charge in [-0.25, -0.2) is 14.2 Å². The van der Waals surface area contributed by atoms with Crippen LogP contribution in [0.5, 0.6) is 11.5 Å². The van der Waals surface area contributed by atoms with Crippen molar-refractivity contribution in [3.8, 4) is 11.5 Å². The smallest absolute Gasteiger partial charge is 0.354 e. The minimum absolute atomic E-state index is 0.118. The number of carbonyl (C=O) groups is 2. The van der Waals surface area contributed by atoms with E-state index in [1.165, 1.54) is 14.2 Å². The Morgan fingerprint density at radius 1 is 1.24 bits per heavy atom. The number of aromatic nitrogens is 2. The van der Waals surface area contributed by atoms with E-state index >= 15 is 0 Å². The molecule has 0 atom stereocenters. The van der Waals surface area contributed by atoms with Crippen molar-refractivity contribution in [2.45, 2.75) is 0 Å². The third-order valence-corrected chi connectivity index (χ3v) is 2.79. The number of carbonyl (C=O) groups excluding carboxylic acids is 1. The molecule has 110 valence electrons. The van der Waals surface area contributed by atoms with Crippen LogP contribution >= 0.6 is 0 Å². The first-order chi connectivity index (χ1) is 9.99. The first-order valence-corrected chi connectivity index (χ1v) is 5.72. The molecule has 1 heterocycles. The Labute approximate surface area is 118 Å². The molecule has 0 saturated heterocycles. The molecule has 0 amide bonds. The standard InChI is InChI=1S/C13H11FN2O5/c1-20-8-3-6(7(14)4-9(8)21-2)12(17)10-11(13(18)19)16-5-15-10/h3-5H,1-2H3,(H,15,16)(H,18,19). The lowest BCUT2D eigenvalue weighted by atomic mass is 10.1. The highest BCUT2D eigenvalue weighted by atomic mass is 19.1. The van der Waals surface area contributed by atoms with Crippen LogP contribution in [-0.2, 0) is 0 Å². The molecule has 0 bridgehead atoms. The zero-order valence-electron chi connectivity index (χ0n) is 11.1. The quantitative estimate of drug-likeness (QED) is 0.810. The van der Waals surface area contributed by atoms with Gasteiger partial charge in [0.15, 0.2) is 17.2 Å². The van der Waals surface area contributed by atoms with Gasteiger partial charge in [-0.15, -0.1) is 0 Å². The van der Waals surface area contributed by atoms with Gasteiger partial charge in [-0.1, -0.05) is 0 Å². The van der Waals surface area contributed by atoms with Gasteiger partial charge in [-0.05, 0) is 6.07 Å². The van der Waals surface area contributed by atoms with Gasteiger partial charge in [-0.3, -0.25) is 4.79 Å². The Hall–Kier alpha value is -2.90. The number of aromatic amines is 1. The van der Waals surface area contributed by atoms with Crippen molar-refractivity contribution in [3.63, 3.8) is 0 Å². The van der Waals surface area contributed by atoms with Gasteiger partial charge in [-0.2, -0.15) is 0 Å². The fourth-order valence-corrected chi connectivity index (χ4v) is 1.79. The predicted molar refractivity (Wildman–Crippen MR) is 68.5 cm³/mol. The zero-order chi connectivity index (χ0) is 15.6. The molecule has 2 rings (SSSR count). The number of nitrogens with zero attached hydrogens (tertiary/aromatic N) is 1. The lowest BCUT2D eigenvalue weighted by molar-refractivity contribution is 0.0686. The molecule has 0 unspecified atom stereocenters. The van der Waals surface area contributed by atoms with E-state index in [1.807, 2.05) is 0 Å². The topological polar surface area (TPSA) is 102 Å². The van der Waals surface area contributed by atoms with Crippen molar-refractivity contribution < 1.29 is 28.6 Å². The fraction of sp³-hybridized carbons (Fsp3) is 0.154. The van der Waals surface area contributed by atoms with Crippen molar-refractivity contribution in [3.05, 3.63) is 41.2 Å². The summed E-state index contributed by atoms with van der Waals surface area (Å²) < 4.78 is 23.9. The van der Waals surface area contributed by atoms with Crippen LogP contribution in [0.1, 0.15) is 26.5 Å². The maximum absolute atomic E-state index is 14.0. The maximum atomic E-state index is 14.0. The third kappa shape index (κ3) is 2.55. The number of nitrogens with one attached hydrogen (secondary N) is 1. The van der Waals surface area contributed by atoms with Crippen molar-refractivity contribution in [1.29, 1.82) is 0 Å². The number of ether oxygens (including phenoxy) is 2. The number of aromatic carboxylic acids is 1. The molecule has 2 N–H and O–H groups in total. The largest absolute Gasteiger partial charge is 0.493 e. The third-order valence-electron chi connectivity index (χ3n) is 2.79. The molecule has 21 heavy (non-hydrogen) atoms. The van der Waals surface area contributed by atoms with Crippen LogP contribution in [0.25, 0.3) is 0 Å². The van der Waals surface area contributed by atoms with Crippen LogP contribution in [0, 0.1) is 5.82 Å². The number of methoxy groups -OCH3 is 2. The Morgan fingerprint density at radius 3 is 2.43 bits per heavy atom. The van der Waals surface area contributed by atoms with Crippen LogP contribution in [-0.4, -0.2) is 41.0 Å². The molecule has 0 aliphatic heterocycles. The van der Waals surface area contributed by atoms with Gasteiger partial charge in [0.2, 0.25) is 5.78 Å². The van der Waals surface area contributed by atoms with Crippen LogP contribution in [0.4, 0.5) is 4.39 Å². The van der Waals surface area contributed by atoms with Crippen LogP contribution in [0.2, 0.25) is 0 Å². The zero-order valence-corrected chi connectivity index (χ0v) is 11.1. The molecular weight excluding hydrogens is 283 g/mol. The summed E-state index contributed by atoms with van der Waals surface area (Å²) in [6.45, 7) is 0. The van der Waals surface area contributed by atoms with Crippen molar-refractivity contribution in [2.24, 2.45) is 0 Å². The summed E-state index contributed by atoms with van der Waals surface area (Å²) in [5.74, 6) is -2.83. The van der Waals surface area contributed by atoms with E-state index in [0.717, 1.165) is 18.5 Å². The van der Waals surface area contributed by atoms with E-state index in [-0.39, 0.29) is 22.8 Å². The monoisotopic (exact) mass is 294 g/mol. The minimum Gasteiger partial charge on any atom is -0.493 e. The summed E-state index contributed by atoms with van der Waals surface area (Å²) >= 11 is 0. The summed E-state index contributed by atoms with van der Waals surface area (Å²) in [6.07, 6.45) is 1.05. The van der Waals surface area contributed by atoms with E-state index < -0.39 is 23.3 Å². The maximum Gasteiger partial charge on any atom is 0.354 e. The molecule has 0 radical (unpaired) electrons. The van der Waals surface area contributed by atoms with Gasteiger partial charge in [0, 0.05) is 6.07 Å². The van der Waals surface area contributed by atoms with Gasteiger partial charge in [0.1, 0.15) is 11.5 Å². The molecule has 0 fully saturated rings. The van der Waals surface area contributed by atoms with Crippen LogP contribution < -0.4 is 9.47 Å². The van der Waals surface area contributed by atoms with Crippen molar-refractivity contribution in [2.75, 3.05) is 14.2 Å². The predicted octanol–water partition coefficient (Wildman–Crippen LogP) is 1.50. The van der Waals surface area contributed by atoms with E-state index in [9.17, 15) is 14.0 Å². The Balaban J connectivity index is 2.53. The van der Waals surface area contributed by atoms with Crippen molar-refractivity contribution >= 4 is 11.8 Å². The van der Waals surface area contributed by atoms with E-state index in [1.54, 1.807) is 0 Å². The second-order valence-corrected chi connectivity index (χ2v) is 3.95. The van der Waals surface area contributed by atoms with Crippen LogP contribution in [0.15, 0.2) is 18.5 Å². The lowest BCUT2D eigenvalue weighted by Gasteiger charge is -2.10. The number of benzene rings is 1. The second-order valence-electron chi connectivity index (χ2n) is 3.95. The average molecular weight is 294 g/mol. The number of ketones is 1. The molecule has 0 spiro atoms. The number of rotatable bonds is 5. The second kappa shape index (κ2) is 5.61. The lowest BCUT2D eigenvalue weighted by Crippen LogP contribution is -2.11. The van der Waals surface area contributed by atoms with Gasteiger partial charge >= 0.3 is 5.97 Å². The van der Waals surface area contributed by atoms with Crippen LogP contribution in [0.3, 0.4) is 0 Å². The normalized spacial score (nSPS) is 10.2. The first kappa shape index (κ1) is 14.5. The molecule has 0 saturated carbocycles. The Bertz CT molecular complexity index is 711. The Morgan fingerprint density at radius 2 is 1.86 bits per heavy atom. The molecule has 0 aliphatic rings. The molecule has 7 nitrogen and oxygen atoms in total. The summed E-state index contributed by atoms with van der Waals surface area (Å²) in [4.78, 5) is 29.1. The number of imidazole rings is 1. The molecule has 2 aromatic rings. The first-order valence-electron chi connectivity index (χ1n) is 5.72. The number of hydrogen-bond acceptors (Lipinski definition) is 5. The summed E-state index contributed by atoms with van der Waals surface area (Å²) in [5.41, 5.74) is -1.15. The molecule has 1 aromatic carbocycles. The Kier molecular flexibility index (Phi) is 3.88. The molecule has 8 heteroatoms. The highest BCUT2D eigenvalue weighted by Gasteiger charge is 2.25. The number of hydrogen-bond donors (Lipinski definition) is 2. The molecular formula is C13H11FN2O5. The van der Waals surface area contributed by atoms with E-state index in [2.05, 4.69) is 9.97 Å². The minimum atomic E-state index is -1.36.